The van der Waals surface area contributed by atoms with Gasteiger partial charge in [0.2, 0.25) is 5.95 Å². The van der Waals surface area contributed by atoms with Crippen LogP contribution in [0.2, 0.25) is 0 Å². The lowest BCUT2D eigenvalue weighted by Gasteiger charge is -1.99. The summed E-state index contributed by atoms with van der Waals surface area (Å²) in [5.74, 6) is -0.420. The van der Waals surface area contributed by atoms with Gasteiger partial charge in [-0.3, -0.25) is 0 Å². The second-order valence-electron chi connectivity index (χ2n) is 2.80. The molecule has 2 aromatic rings. The molecule has 12 heavy (non-hydrogen) atoms. The molecule has 0 saturated carbocycles. The van der Waals surface area contributed by atoms with Crippen LogP contribution in [0.25, 0.3) is 10.8 Å². The van der Waals surface area contributed by atoms with Crippen molar-refractivity contribution in [3.63, 3.8) is 0 Å². The Morgan fingerprint density at radius 2 is 2.17 bits per heavy atom. The minimum Gasteiger partial charge on any atom is -0.228 e. The Labute approximate surface area is 69.9 Å². The SMILES string of the molecule is Cc1cccc2cnc(F)cc12. The molecule has 1 heterocycles. The average molecular weight is 161 g/mol. The molecule has 60 valence electrons. The van der Waals surface area contributed by atoms with Gasteiger partial charge in [-0.1, -0.05) is 18.2 Å². The van der Waals surface area contributed by atoms with E-state index in [1.165, 1.54) is 6.07 Å². The van der Waals surface area contributed by atoms with Crippen molar-refractivity contribution in [3.05, 3.63) is 42.0 Å². The molecule has 0 fully saturated rings. The van der Waals surface area contributed by atoms with E-state index in [0.29, 0.717) is 0 Å². The third-order valence-electron chi connectivity index (χ3n) is 1.95. The van der Waals surface area contributed by atoms with Crippen molar-refractivity contribution < 1.29 is 4.39 Å². The zero-order valence-electron chi connectivity index (χ0n) is 6.71. The monoisotopic (exact) mass is 161 g/mol. The Balaban J connectivity index is 2.88. The summed E-state index contributed by atoms with van der Waals surface area (Å²) in [6.45, 7) is 1.96. The molecule has 0 bridgehead atoms. The number of hydrogen-bond donors (Lipinski definition) is 0. The molecule has 1 nitrogen and oxygen atoms in total. The summed E-state index contributed by atoms with van der Waals surface area (Å²) in [5.41, 5.74) is 1.08. The summed E-state index contributed by atoms with van der Waals surface area (Å²) in [4.78, 5) is 3.58. The van der Waals surface area contributed by atoms with Gasteiger partial charge in [-0.15, -0.1) is 0 Å². The van der Waals surface area contributed by atoms with Crippen molar-refractivity contribution >= 4 is 10.8 Å². The zero-order chi connectivity index (χ0) is 8.55. The van der Waals surface area contributed by atoms with Crippen LogP contribution in [0.1, 0.15) is 5.56 Å². The summed E-state index contributed by atoms with van der Waals surface area (Å²) in [6, 6.07) is 7.29. The molecule has 2 heteroatoms. The molecule has 0 N–H and O–H groups in total. The lowest BCUT2D eigenvalue weighted by Crippen LogP contribution is -1.84. The first-order valence-corrected chi connectivity index (χ1v) is 3.78. The van der Waals surface area contributed by atoms with Gasteiger partial charge < -0.3 is 0 Å². The number of hydrogen-bond acceptors (Lipinski definition) is 1. The molecule has 0 unspecified atom stereocenters. The molecular weight excluding hydrogens is 153 g/mol. The summed E-state index contributed by atoms with van der Waals surface area (Å²) >= 11 is 0. The number of nitrogens with zero attached hydrogens (tertiary/aromatic N) is 1. The maximum Gasteiger partial charge on any atom is 0.213 e. The first-order chi connectivity index (χ1) is 5.77. The van der Waals surface area contributed by atoms with Gasteiger partial charge in [-0.25, -0.2) is 4.98 Å². The summed E-state index contributed by atoms with van der Waals surface area (Å²) in [5, 5.41) is 1.92. The van der Waals surface area contributed by atoms with Gasteiger partial charge in [0.1, 0.15) is 0 Å². The Morgan fingerprint density at radius 1 is 1.33 bits per heavy atom. The molecule has 2 rings (SSSR count). The van der Waals surface area contributed by atoms with Crippen molar-refractivity contribution in [1.82, 2.24) is 4.98 Å². The summed E-state index contributed by atoms with van der Waals surface area (Å²) in [7, 11) is 0. The van der Waals surface area contributed by atoms with E-state index in [0.717, 1.165) is 16.3 Å². The smallest absolute Gasteiger partial charge is 0.213 e. The highest BCUT2D eigenvalue weighted by atomic mass is 19.1. The average Bonchev–Trinajstić information content (AvgIpc) is 2.07. The predicted octanol–water partition coefficient (Wildman–Crippen LogP) is 2.68. The van der Waals surface area contributed by atoms with Crippen LogP contribution in [0.4, 0.5) is 4.39 Å². The van der Waals surface area contributed by atoms with Gasteiger partial charge in [-0.05, 0) is 17.9 Å². The van der Waals surface area contributed by atoms with Crippen LogP contribution < -0.4 is 0 Å². The first-order valence-electron chi connectivity index (χ1n) is 3.78. The molecule has 0 aliphatic rings. The van der Waals surface area contributed by atoms with Gasteiger partial charge in [0.15, 0.2) is 0 Å². The third-order valence-corrected chi connectivity index (χ3v) is 1.95. The van der Waals surface area contributed by atoms with E-state index in [1.54, 1.807) is 6.20 Å². The van der Waals surface area contributed by atoms with Gasteiger partial charge in [0, 0.05) is 17.6 Å². The number of pyridine rings is 1. The maximum atomic E-state index is 12.7. The standard InChI is InChI=1S/C10H8FN/c1-7-3-2-4-8-6-12-10(11)5-9(7)8/h2-6H,1H3. The fourth-order valence-electron chi connectivity index (χ4n) is 1.30. The minimum atomic E-state index is -0.420. The number of halogens is 1. The van der Waals surface area contributed by atoms with E-state index in [1.807, 2.05) is 25.1 Å². The predicted molar refractivity (Wildman–Crippen MR) is 46.4 cm³/mol. The largest absolute Gasteiger partial charge is 0.228 e. The highest BCUT2D eigenvalue weighted by Crippen LogP contribution is 2.17. The van der Waals surface area contributed by atoms with E-state index in [-0.39, 0.29) is 0 Å². The van der Waals surface area contributed by atoms with Gasteiger partial charge >= 0.3 is 0 Å². The Morgan fingerprint density at radius 3 is 3.00 bits per heavy atom. The van der Waals surface area contributed by atoms with Crippen molar-refractivity contribution in [3.8, 4) is 0 Å². The zero-order valence-corrected chi connectivity index (χ0v) is 6.71. The number of aromatic nitrogens is 1. The van der Waals surface area contributed by atoms with Crippen LogP contribution in [0.15, 0.2) is 30.5 Å². The third kappa shape index (κ3) is 1.05. The number of benzene rings is 1. The highest BCUT2D eigenvalue weighted by molar-refractivity contribution is 5.84. The molecule has 0 amide bonds. The lowest BCUT2D eigenvalue weighted by atomic mass is 10.1. The van der Waals surface area contributed by atoms with Crippen molar-refractivity contribution in [1.29, 1.82) is 0 Å². The quantitative estimate of drug-likeness (QED) is 0.541. The molecule has 1 aromatic carbocycles. The molecule has 0 aliphatic carbocycles. The summed E-state index contributed by atoms with van der Waals surface area (Å²) < 4.78 is 12.7. The Bertz CT molecular complexity index is 423. The van der Waals surface area contributed by atoms with Crippen LogP contribution in [-0.2, 0) is 0 Å². The number of fused-ring (bicyclic) bond motifs is 1. The van der Waals surface area contributed by atoms with Gasteiger partial charge in [-0.2, -0.15) is 4.39 Å². The molecule has 0 radical (unpaired) electrons. The Kier molecular flexibility index (Phi) is 1.54. The maximum absolute atomic E-state index is 12.7. The molecule has 0 atom stereocenters. The molecular formula is C10H8FN. The molecule has 0 saturated heterocycles. The van der Waals surface area contributed by atoms with E-state index < -0.39 is 5.95 Å². The highest BCUT2D eigenvalue weighted by Gasteiger charge is 1.98. The number of rotatable bonds is 0. The van der Waals surface area contributed by atoms with Crippen LogP contribution in [-0.4, -0.2) is 4.98 Å². The summed E-state index contributed by atoms with van der Waals surface area (Å²) in [6.07, 6.45) is 1.55. The lowest BCUT2D eigenvalue weighted by molar-refractivity contribution is 0.586. The van der Waals surface area contributed by atoms with E-state index >= 15 is 0 Å². The number of aryl methyl sites for hydroxylation is 1. The van der Waals surface area contributed by atoms with Gasteiger partial charge in [0.25, 0.3) is 0 Å². The van der Waals surface area contributed by atoms with E-state index in [9.17, 15) is 4.39 Å². The van der Waals surface area contributed by atoms with Crippen molar-refractivity contribution in [2.75, 3.05) is 0 Å². The molecule has 1 aromatic heterocycles. The van der Waals surface area contributed by atoms with Crippen LogP contribution >= 0.6 is 0 Å². The van der Waals surface area contributed by atoms with Crippen LogP contribution in [0.5, 0.6) is 0 Å². The van der Waals surface area contributed by atoms with Crippen LogP contribution in [0.3, 0.4) is 0 Å². The fourth-order valence-corrected chi connectivity index (χ4v) is 1.30. The van der Waals surface area contributed by atoms with Crippen molar-refractivity contribution in [2.24, 2.45) is 0 Å². The Hall–Kier alpha value is -1.44. The van der Waals surface area contributed by atoms with Crippen LogP contribution in [0, 0.1) is 12.9 Å². The molecule has 0 spiro atoms. The van der Waals surface area contributed by atoms with E-state index in [2.05, 4.69) is 4.98 Å². The van der Waals surface area contributed by atoms with Crippen molar-refractivity contribution in [2.45, 2.75) is 6.92 Å². The van der Waals surface area contributed by atoms with E-state index in [4.69, 9.17) is 0 Å². The molecule has 0 aliphatic heterocycles. The normalized spacial score (nSPS) is 10.5. The minimum absolute atomic E-state index is 0.420. The fraction of sp³-hybridized carbons (Fsp3) is 0.100. The second-order valence-corrected chi connectivity index (χ2v) is 2.80. The second kappa shape index (κ2) is 2.55. The first kappa shape index (κ1) is 7.22. The van der Waals surface area contributed by atoms with Gasteiger partial charge in [0.05, 0.1) is 0 Å². The topological polar surface area (TPSA) is 12.9 Å².